The van der Waals surface area contributed by atoms with Crippen LogP contribution in [0.5, 0.6) is 5.75 Å². The van der Waals surface area contributed by atoms with Gasteiger partial charge in [0.1, 0.15) is 5.75 Å². The first-order chi connectivity index (χ1) is 14.1. The lowest BCUT2D eigenvalue weighted by molar-refractivity contribution is 0.0952. The zero-order chi connectivity index (χ0) is 22.1. The molecule has 1 aliphatic heterocycles. The molecular weight excluding hydrogens is 442 g/mol. The van der Waals surface area contributed by atoms with E-state index in [1.165, 1.54) is 11.3 Å². The number of carbonyl (C=O) groups is 1. The molecular formula is C24H30BrN3O2. The zero-order valence-electron chi connectivity index (χ0n) is 18.5. The molecule has 6 heteroatoms. The van der Waals surface area contributed by atoms with Crippen molar-refractivity contribution in [1.29, 1.82) is 0 Å². The van der Waals surface area contributed by atoms with Crippen molar-refractivity contribution in [3.05, 3.63) is 57.6 Å². The van der Waals surface area contributed by atoms with Gasteiger partial charge in [-0.1, -0.05) is 28.9 Å². The number of nitrogens with one attached hydrogen (secondary N) is 1. The summed E-state index contributed by atoms with van der Waals surface area (Å²) in [5.74, 6) is 0.646. The van der Waals surface area contributed by atoms with Crippen LogP contribution in [0, 0.1) is 0 Å². The number of methoxy groups -OCH3 is 1. The third-order valence-corrected chi connectivity index (χ3v) is 6.10. The van der Waals surface area contributed by atoms with Crippen molar-refractivity contribution >= 4 is 33.7 Å². The fourth-order valence-corrected chi connectivity index (χ4v) is 4.97. The van der Waals surface area contributed by atoms with Gasteiger partial charge >= 0.3 is 0 Å². The molecule has 0 aliphatic carbocycles. The number of nitrogens with zero attached hydrogens (tertiary/aromatic N) is 2. The molecule has 0 fully saturated rings. The van der Waals surface area contributed by atoms with Gasteiger partial charge in [-0.2, -0.15) is 5.10 Å². The summed E-state index contributed by atoms with van der Waals surface area (Å²) < 4.78 is 6.07. The topological polar surface area (TPSA) is 53.9 Å². The molecule has 0 spiro atoms. The number of rotatable bonds is 5. The van der Waals surface area contributed by atoms with E-state index in [4.69, 9.17) is 4.74 Å². The van der Waals surface area contributed by atoms with E-state index in [1.54, 1.807) is 25.5 Å². The van der Waals surface area contributed by atoms with Gasteiger partial charge in [0.25, 0.3) is 5.91 Å². The van der Waals surface area contributed by atoms with E-state index >= 15 is 0 Å². The highest BCUT2D eigenvalue weighted by atomic mass is 79.9. The number of carbonyl (C=O) groups excluding carboxylic acids is 1. The van der Waals surface area contributed by atoms with Gasteiger partial charge < -0.3 is 9.64 Å². The predicted molar refractivity (Wildman–Crippen MR) is 127 cm³/mol. The summed E-state index contributed by atoms with van der Waals surface area (Å²) in [5, 5.41) is 4.17. The Morgan fingerprint density at radius 1 is 1.30 bits per heavy atom. The summed E-state index contributed by atoms with van der Waals surface area (Å²) in [5.41, 5.74) is 6.72. The van der Waals surface area contributed by atoms with Gasteiger partial charge in [-0.25, -0.2) is 5.43 Å². The first kappa shape index (κ1) is 22.3. The molecule has 2 aromatic carbocycles. The van der Waals surface area contributed by atoms with Crippen LogP contribution in [0.25, 0.3) is 0 Å². The highest BCUT2D eigenvalue weighted by Crippen LogP contribution is 2.44. The fourth-order valence-electron chi connectivity index (χ4n) is 4.61. The minimum absolute atomic E-state index is 0.118. The number of hydrogen-bond donors (Lipinski definition) is 1. The lowest BCUT2D eigenvalue weighted by atomic mass is 9.79. The molecule has 0 aromatic heterocycles. The molecule has 0 radical (unpaired) electrons. The lowest BCUT2D eigenvalue weighted by Gasteiger charge is -2.50. The van der Waals surface area contributed by atoms with Gasteiger partial charge in [0.15, 0.2) is 0 Å². The summed E-state index contributed by atoms with van der Waals surface area (Å²) in [6.45, 7) is 11.4. The Morgan fingerprint density at radius 2 is 2.03 bits per heavy atom. The van der Waals surface area contributed by atoms with Gasteiger partial charge in [0.05, 0.1) is 18.9 Å². The van der Waals surface area contributed by atoms with Crippen LogP contribution in [-0.4, -0.2) is 30.8 Å². The summed E-state index contributed by atoms with van der Waals surface area (Å²) in [4.78, 5) is 15.0. The summed E-state index contributed by atoms with van der Waals surface area (Å²) in [6.07, 6.45) is 2.78. The smallest absolute Gasteiger partial charge is 0.275 e. The first-order valence-electron chi connectivity index (χ1n) is 10.2. The van der Waals surface area contributed by atoms with Crippen LogP contribution in [0.1, 0.15) is 68.4 Å². The minimum atomic E-state index is -0.316. The number of benzene rings is 2. The van der Waals surface area contributed by atoms with E-state index in [0.29, 0.717) is 23.3 Å². The average molecular weight is 472 g/mol. The maximum atomic E-state index is 12.5. The Kier molecular flexibility index (Phi) is 6.56. The van der Waals surface area contributed by atoms with E-state index in [0.717, 1.165) is 16.5 Å². The van der Waals surface area contributed by atoms with Crippen LogP contribution < -0.4 is 15.1 Å². The molecule has 0 bridgehead atoms. The van der Waals surface area contributed by atoms with Crippen molar-refractivity contribution in [1.82, 2.24) is 5.43 Å². The van der Waals surface area contributed by atoms with E-state index in [-0.39, 0.29) is 11.4 Å². The molecule has 5 nitrogen and oxygen atoms in total. The standard InChI is InChI=1S/C24H30BrN3O2/c1-15(2)28-21-9-7-17(11-19(21)16(3)13-24(28,4)5)14-26-27-23(29)20-12-18(25)8-10-22(20)30-6/h7-12,14-16H,13H2,1-6H3,(H,27,29)/b26-14-/t16-/m1/s1. The number of hydrogen-bond acceptors (Lipinski definition) is 4. The Morgan fingerprint density at radius 3 is 2.70 bits per heavy atom. The van der Waals surface area contributed by atoms with E-state index in [2.05, 4.69) is 84.2 Å². The highest BCUT2D eigenvalue weighted by molar-refractivity contribution is 9.10. The number of amides is 1. The Bertz CT molecular complexity index is 969. The van der Waals surface area contributed by atoms with Crippen LogP contribution in [0.15, 0.2) is 46.0 Å². The molecule has 1 amide bonds. The molecule has 0 saturated carbocycles. The second-order valence-electron chi connectivity index (χ2n) is 8.74. The monoisotopic (exact) mass is 471 g/mol. The van der Waals surface area contributed by atoms with Gasteiger partial charge in [0.2, 0.25) is 0 Å². The van der Waals surface area contributed by atoms with Gasteiger partial charge in [-0.3, -0.25) is 4.79 Å². The van der Waals surface area contributed by atoms with Crippen molar-refractivity contribution in [2.45, 2.75) is 58.5 Å². The number of ether oxygens (including phenoxy) is 1. The zero-order valence-corrected chi connectivity index (χ0v) is 20.1. The molecule has 160 valence electrons. The Balaban J connectivity index is 1.81. The van der Waals surface area contributed by atoms with E-state index in [1.807, 2.05) is 6.07 Å². The molecule has 1 N–H and O–H groups in total. The maximum absolute atomic E-state index is 12.5. The normalized spacial score (nSPS) is 17.9. The summed E-state index contributed by atoms with van der Waals surface area (Å²) >= 11 is 3.38. The Hall–Kier alpha value is -2.34. The third kappa shape index (κ3) is 4.53. The van der Waals surface area contributed by atoms with Crippen molar-refractivity contribution in [2.24, 2.45) is 5.10 Å². The quantitative estimate of drug-likeness (QED) is 0.447. The number of anilines is 1. The second kappa shape index (κ2) is 8.80. The molecule has 1 aliphatic rings. The summed E-state index contributed by atoms with van der Waals surface area (Å²) in [6, 6.07) is 12.1. The van der Waals surface area contributed by atoms with Crippen molar-refractivity contribution in [3.63, 3.8) is 0 Å². The van der Waals surface area contributed by atoms with Gasteiger partial charge in [-0.05, 0) is 81.5 Å². The largest absolute Gasteiger partial charge is 0.496 e. The molecule has 3 rings (SSSR count). The predicted octanol–water partition coefficient (Wildman–Crippen LogP) is 5.72. The molecule has 1 heterocycles. The second-order valence-corrected chi connectivity index (χ2v) is 9.66. The molecule has 1 atom stereocenters. The van der Waals surface area contributed by atoms with Crippen LogP contribution >= 0.6 is 15.9 Å². The van der Waals surface area contributed by atoms with Crippen LogP contribution in [0.3, 0.4) is 0 Å². The van der Waals surface area contributed by atoms with Crippen LogP contribution in [-0.2, 0) is 0 Å². The molecule has 2 aromatic rings. The van der Waals surface area contributed by atoms with E-state index in [9.17, 15) is 4.79 Å². The lowest BCUT2D eigenvalue weighted by Crippen LogP contribution is -2.51. The average Bonchev–Trinajstić information content (AvgIpc) is 2.67. The van der Waals surface area contributed by atoms with Crippen molar-refractivity contribution in [3.8, 4) is 5.75 Å². The van der Waals surface area contributed by atoms with Crippen LogP contribution in [0.4, 0.5) is 5.69 Å². The fraction of sp³-hybridized carbons (Fsp3) is 0.417. The number of halogens is 1. The number of fused-ring (bicyclic) bond motifs is 1. The van der Waals surface area contributed by atoms with Crippen molar-refractivity contribution in [2.75, 3.05) is 12.0 Å². The first-order valence-corrected chi connectivity index (χ1v) is 11.0. The third-order valence-electron chi connectivity index (χ3n) is 5.60. The maximum Gasteiger partial charge on any atom is 0.275 e. The number of hydrazone groups is 1. The summed E-state index contributed by atoms with van der Waals surface area (Å²) in [7, 11) is 1.54. The Labute approximate surface area is 187 Å². The van der Waals surface area contributed by atoms with Gasteiger partial charge in [-0.15, -0.1) is 0 Å². The molecule has 30 heavy (non-hydrogen) atoms. The van der Waals surface area contributed by atoms with Gasteiger partial charge in [0, 0.05) is 21.7 Å². The van der Waals surface area contributed by atoms with Crippen LogP contribution in [0.2, 0.25) is 0 Å². The molecule has 0 unspecified atom stereocenters. The van der Waals surface area contributed by atoms with Crippen molar-refractivity contribution < 1.29 is 9.53 Å². The molecule has 0 saturated heterocycles. The van der Waals surface area contributed by atoms with E-state index < -0.39 is 0 Å². The SMILES string of the molecule is COc1ccc(Br)cc1C(=O)N/N=C\c1ccc2c(c1)[C@H](C)CC(C)(C)N2C(C)C. The highest BCUT2D eigenvalue weighted by Gasteiger charge is 2.37. The minimum Gasteiger partial charge on any atom is -0.496 e.